The van der Waals surface area contributed by atoms with Gasteiger partial charge in [-0.05, 0) is 30.3 Å². The summed E-state index contributed by atoms with van der Waals surface area (Å²) in [6, 6.07) is 15.8. The number of piperazine rings is 1. The van der Waals surface area contributed by atoms with Gasteiger partial charge in [-0.2, -0.15) is 4.98 Å². The molecule has 2 heterocycles. The predicted molar refractivity (Wildman–Crippen MR) is 120 cm³/mol. The van der Waals surface area contributed by atoms with Crippen molar-refractivity contribution in [2.24, 2.45) is 0 Å². The summed E-state index contributed by atoms with van der Waals surface area (Å²) in [7, 11) is -3.55. The van der Waals surface area contributed by atoms with Crippen molar-refractivity contribution < 1.29 is 17.7 Å². The van der Waals surface area contributed by atoms with Crippen LogP contribution in [0, 0.1) is 0 Å². The molecule has 0 N–H and O–H groups in total. The summed E-state index contributed by atoms with van der Waals surface area (Å²) in [5, 5.41) is 4.45. The standard InChI is InChI=1S/C22H23ClN4O4S/c23-17-5-4-6-18(15-17)26-11-13-27(14-12-26)22(28)10-9-21-24-20(25-31-21)16-32(29,30)19-7-2-1-3-8-19/h1-8,15H,9-14,16H2. The third-order valence-electron chi connectivity index (χ3n) is 5.29. The van der Waals surface area contributed by atoms with E-state index in [4.69, 9.17) is 16.1 Å². The second-order valence-corrected chi connectivity index (χ2v) is 9.95. The van der Waals surface area contributed by atoms with Crippen molar-refractivity contribution >= 4 is 33.0 Å². The van der Waals surface area contributed by atoms with E-state index in [2.05, 4.69) is 15.0 Å². The van der Waals surface area contributed by atoms with Crippen LogP contribution in [0.1, 0.15) is 18.1 Å². The number of aryl methyl sites for hydroxylation is 1. The highest BCUT2D eigenvalue weighted by molar-refractivity contribution is 7.90. The fourth-order valence-electron chi connectivity index (χ4n) is 3.59. The molecular weight excluding hydrogens is 452 g/mol. The number of carbonyl (C=O) groups excluding carboxylic acids is 1. The summed E-state index contributed by atoms with van der Waals surface area (Å²) >= 11 is 6.07. The van der Waals surface area contributed by atoms with Gasteiger partial charge >= 0.3 is 0 Å². The fraction of sp³-hybridized carbons (Fsp3) is 0.318. The average molecular weight is 475 g/mol. The Labute approximate surface area is 191 Å². The molecule has 0 atom stereocenters. The zero-order valence-electron chi connectivity index (χ0n) is 17.4. The molecule has 1 aliphatic rings. The maximum atomic E-state index is 12.6. The third kappa shape index (κ3) is 5.46. The van der Waals surface area contributed by atoms with Crippen molar-refractivity contribution in [3.05, 3.63) is 71.3 Å². The van der Waals surface area contributed by atoms with Crippen LogP contribution in [0.25, 0.3) is 0 Å². The van der Waals surface area contributed by atoms with E-state index in [1.54, 1.807) is 18.2 Å². The Bertz CT molecular complexity index is 1180. The van der Waals surface area contributed by atoms with E-state index >= 15 is 0 Å². The number of carbonyl (C=O) groups is 1. The molecule has 1 fully saturated rings. The van der Waals surface area contributed by atoms with Crippen LogP contribution >= 0.6 is 11.6 Å². The summed E-state index contributed by atoms with van der Waals surface area (Å²) in [5.41, 5.74) is 1.05. The van der Waals surface area contributed by atoms with Gasteiger partial charge in [0.15, 0.2) is 15.7 Å². The number of aromatic nitrogens is 2. The second kappa shape index (κ2) is 9.70. The van der Waals surface area contributed by atoms with E-state index < -0.39 is 9.84 Å². The van der Waals surface area contributed by atoms with Crippen molar-refractivity contribution in [1.29, 1.82) is 0 Å². The van der Waals surface area contributed by atoms with Crippen LogP contribution in [0.3, 0.4) is 0 Å². The smallest absolute Gasteiger partial charge is 0.227 e. The molecule has 0 spiro atoms. The molecule has 1 aliphatic heterocycles. The SMILES string of the molecule is O=C(CCc1nc(CS(=O)(=O)c2ccccc2)no1)N1CCN(c2cccc(Cl)c2)CC1. The molecule has 4 rings (SSSR count). The number of amides is 1. The predicted octanol–water partition coefficient (Wildman–Crippen LogP) is 2.98. The molecule has 0 aliphatic carbocycles. The highest BCUT2D eigenvalue weighted by atomic mass is 35.5. The van der Waals surface area contributed by atoms with Crippen LogP contribution in [0.15, 0.2) is 64.0 Å². The maximum Gasteiger partial charge on any atom is 0.227 e. The van der Waals surface area contributed by atoms with Crippen molar-refractivity contribution in [2.45, 2.75) is 23.5 Å². The van der Waals surface area contributed by atoms with Gasteiger partial charge in [0.1, 0.15) is 5.75 Å². The second-order valence-electron chi connectivity index (χ2n) is 7.52. The maximum absolute atomic E-state index is 12.6. The minimum Gasteiger partial charge on any atom is -0.368 e. The molecule has 0 unspecified atom stereocenters. The molecule has 1 amide bonds. The fourth-order valence-corrected chi connectivity index (χ4v) is 4.97. The topological polar surface area (TPSA) is 96.6 Å². The van der Waals surface area contributed by atoms with Crippen molar-refractivity contribution in [1.82, 2.24) is 15.0 Å². The molecule has 8 nitrogen and oxygen atoms in total. The molecular formula is C22H23ClN4O4S. The van der Waals surface area contributed by atoms with Crippen LogP contribution in [0.4, 0.5) is 5.69 Å². The lowest BCUT2D eigenvalue weighted by Gasteiger charge is -2.36. The number of halogens is 1. The van der Waals surface area contributed by atoms with E-state index in [-0.39, 0.29) is 41.1 Å². The van der Waals surface area contributed by atoms with Crippen molar-refractivity contribution in [2.75, 3.05) is 31.1 Å². The van der Waals surface area contributed by atoms with Gasteiger partial charge in [-0.15, -0.1) is 0 Å². The largest absolute Gasteiger partial charge is 0.368 e. The van der Waals surface area contributed by atoms with Gasteiger partial charge in [0.25, 0.3) is 0 Å². The molecule has 0 saturated carbocycles. The number of hydrogen-bond donors (Lipinski definition) is 0. The molecule has 0 radical (unpaired) electrons. The Kier molecular flexibility index (Phi) is 6.76. The third-order valence-corrected chi connectivity index (χ3v) is 7.15. The molecule has 1 saturated heterocycles. The van der Waals surface area contributed by atoms with E-state index in [0.29, 0.717) is 18.1 Å². The highest BCUT2D eigenvalue weighted by Gasteiger charge is 2.23. The lowest BCUT2D eigenvalue weighted by Crippen LogP contribution is -2.48. The number of benzene rings is 2. The first-order chi connectivity index (χ1) is 15.4. The van der Waals surface area contributed by atoms with Crippen LogP contribution in [-0.4, -0.2) is 55.5 Å². The summed E-state index contributed by atoms with van der Waals surface area (Å²) in [6.45, 7) is 2.70. The van der Waals surface area contributed by atoms with Crippen molar-refractivity contribution in [3.63, 3.8) is 0 Å². The van der Waals surface area contributed by atoms with Crippen LogP contribution in [0.2, 0.25) is 5.02 Å². The summed E-state index contributed by atoms with van der Waals surface area (Å²) in [4.78, 5) is 21.0. The Balaban J connectivity index is 1.27. The molecule has 168 valence electrons. The van der Waals surface area contributed by atoms with Crippen LogP contribution in [0.5, 0.6) is 0 Å². The number of hydrogen-bond acceptors (Lipinski definition) is 7. The number of anilines is 1. The number of rotatable bonds is 7. The first-order valence-corrected chi connectivity index (χ1v) is 12.3. The lowest BCUT2D eigenvalue weighted by atomic mass is 10.2. The van der Waals surface area contributed by atoms with E-state index in [1.807, 2.05) is 29.2 Å². The van der Waals surface area contributed by atoms with Crippen molar-refractivity contribution in [3.8, 4) is 0 Å². The lowest BCUT2D eigenvalue weighted by molar-refractivity contribution is -0.131. The average Bonchev–Trinajstić information content (AvgIpc) is 3.25. The summed E-state index contributed by atoms with van der Waals surface area (Å²) < 4.78 is 30.0. The van der Waals surface area contributed by atoms with Gasteiger partial charge in [-0.1, -0.05) is 41.0 Å². The van der Waals surface area contributed by atoms with Gasteiger partial charge in [0.05, 0.1) is 4.90 Å². The number of nitrogens with zero attached hydrogens (tertiary/aromatic N) is 4. The van der Waals surface area contributed by atoms with E-state index in [9.17, 15) is 13.2 Å². The first kappa shape index (κ1) is 22.3. The molecule has 3 aromatic rings. The van der Waals surface area contributed by atoms with E-state index in [0.717, 1.165) is 18.8 Å². The first-order valence-electron chi connectivity index (χ1n) is 10.3. The molecule has 10 heteroatoms. The summed E-state index contributed by atoms with van der Waals surface area (Å²) in [5.74, 6) is 0.00734. The zero-order valence-corrected chi connectivity index (χ0v) is 18.9. The Morgan fingerprint density at radius 2 is 1.78 bits per heavy atom. The Morgan fingerprint density at radius 3 is 2.50 bits per heavy atom. The van der Waals surface area contributed by atoms with Crippen LogP contribution in [-0.2, 0) is 26.8 Å². The Morgan fingerprint density at radius 1 is 1.03 bits per heavy atom. The normalized spacial score (nSPS) is 14.5. The molecule has 32 heavy (non-hydrogen) atoms. The minimum absolute atomic E-state index is 0.00685. The van der Waals surface area contributed by atoms with Gasteiger partial charge in [-0.3, -0.25) is 4.79 Å². The van der Waals surface area contributed by atoms with Crippen LogP contribution < -0.4 is 4.90 Å². The zero-order chi connectivity index (χ0) is 22.6. The summed E-state index contributed by atoms with van der Waals surface area (Å²) in [6.07, 6.45) is 0.496. The quantitative estimate of drug-likeness (QED) is 0.519. The van der Waals surface area contributed by atoms with Gasteiger partial charge in [0, 0.05) is 49.7 Å². The molecule has 0 bridgehead atoms. The van der Waals surface area contributed by atoms with Gasteiger partial charge in [0.2, 0.25) is 11.8 Å². The minimum atomic E-state index is -3.55. The highest BCUT2D eigenvalue weighted by Crippen LogP contribution is 2.21. The van der Waals surface area contributed by atoms with E-state index in [1.165, 1.54) is 12.1 Å². The van der Waals surface area contributed by atoms with Gasteiger partial charge in [-0.25, -0.2) is 8.42 Å². The van der Waals surface area contributed by atoms with Gasteiger partial charge < -0.3 is 14.3 Å². The molecule has 1 aromatic heterocycles. The number of sulfone groups is 1. The molecule has 2 aromatic carbocycles. The Hall–Kier alpha value is -2.91. The monoisotopic (exact) mass is 474 g/mol.